The number of ether oxygens (including phenoxy) is 1. The molecule has 1 atom stereocenters. The summed E-state index contributed by atoms with van der Waals surface area (Å²) in [5.74, 6) is -0.216. The molecule has 3 aromatic rings. The molecule has 182 valence electrons. The predicted molar refractivity (Wildman–Crippen MR) is 128 cm³/mol. The van der Waals surface area contributed by atoms with Crippen LogP contribution in [0.2, 0.25) is 0 Å². The molecule has 12 heteroatoms. The van der Waals surface area contributed by atoms with E-state index in [-0.39, 0.29) is 24.1 Å². The molecule has 0 bridgehead atoms. The van der Waals surface area contributed by atoms with Crippen LogP contribution in [0.5, 0.6) is 0 Å². The fraction of sp³-hybridized carbons (Fsp3) is 0.348. The molecule has 2 aromatic heterocycles. The first-order valence-electron chi connectivity index (χ1n) is 10.7. The average Bonchev–Trinajstić information content (AvgIpc) is 3.39. The van der Waals surface area contributed by atoms with Gasteiger partial charge in [-0.1, -0.05) is 28.6 Å². The Morgan fingerprint density at radius 2 is 2.09 bits per heavy atom. The van der Waals surface area contributed by atoms with Gasteiger partial charge in [0.15, 0.2) is 5.13 Å². The van der Waals surface area contributed by atoms with Crippen LogP contribution in [0, 0.1) is 25.2 Å². The number of aromatic nitrogens is 3. The van der Waals surface area contributed by atoms with E-state index >= 15 is 0 Å². The number of esters is 1. The number of carbonyl (C=O) groups excluding carboxylic acids is 3. The molecule has 0 aliphatic carbocycles. The van der Waals surface area contributed by atoms with E-state index in [0.717, 1.165) is 11.3 Å². The van der Waals surface area contributed by atoms with Crippen molar-refractivity contribution in [2.75, 3.05) is 10.2 Å². The van der Waals surface area contributed by atoms with Gasteiger partial charge in [-0.15, -0.1) is 0 Å². The van der Waals surface area contributed by atoms with Gasteiger partial charge in [0.05, 0.1) is 30.3 Å². The molecule has 0 aliphatic rings. The Morgan fingerprint density at radius 1 is 1.31 bits per heavy atom. The Morgan fingerprint density at radius 3 is 2.71 bits per heavy atom. The van der Waals surface area contributed by atoms with Gasteiger partial charge in [0.1, 0.15) is 4.88 Å². The largest absolute Gasteiger partial charge is 0.459 e. The molecule has 0 radical (unpaired) electrons. The molecule has 0 saturated heterocycles. The third kappa shape index (κ3) is 6.48. The van der Waals surface area contributed by atoms with Crippen molar-refractivity contribution in [3.05, 3.63) is 40.7 Å². The van der Waals surface area contributed by atoms with Gasteiger partial charge in [-0.3, -0.25) is 9.59 Å². The third-order valence-corrected chi connectivity index (χ3v) is 5.81. The van der Waals surface area contributed by atoms with Crippen molar-refractivity contribution in [2.24, 2.45) is 0 Å². The van der Waals surface area contributed by atoms with Crippen LogP contribution in [0.1, 0.15) is 47.9 Å². The van der Waals surface area contributed by atoms with Crippen molar-refractivity contribution < 1.29 is 23.6 Å². The highest BCUT2D eigenvalue weighted by atomic mass is 32.1. The highest BCUT2D eigenvalue weighted by Gasteiger charge is 2.24. The first-order chi connectivity index (χ1) is 16.7. The van der Waals surface area contributed by atoms with Gasteiger partial charge in [0.2, 0.25) is 24.0 Å². The number of aryl methyl sites for hydroxylation is 2. The zero-order valence-corrected chi connectivity index (χ0v) is 20.5. The predicted octanol–water partition coefficient (Wildman–Crippen LogP) is 3.65. The summed E-state index contributed by atoms with van der Waals surface area (Å²) in [5, 5.41) is 16.1. The Kier molecular flexibility index (Phi) is 8.27. The highest BCUT2D eigenvalue weighted by molar-refractivity contribution is 7.17. The zero-order chi connectivity index (χ0) is 25.5. The molecule has 11 nitrogen and oxygen atoms in total. The Bertz CT molecular complexity index is 1260. The van der Waals surface area contributed by atoms with E-state index in [2.05, 4.69) is 20.4 Å². The van der Waals surface area contributed by atoms with Gasteiger partial charge in [-0.25, -0.2) is 9.78 Å². The smallest absolute Gasteiger partial charge is 0.350 e. The Labute approximate surface area is 205 Å². The summed E-state index contributed by atoms with van der Waals surface area (Å²) in [6.45, 7) is 6.79. The van der Waals surface area contributed by atoms with Gasteiger partial charge in [0.25, 0.3) is 0 Å². The SMILES string of the molecule is Cc1nc(-c2cccc(N(C=O)[C@@H](CC#N)CC(=O)Nc3nc(C)c(C(=O)OC(C)C)s3)c2)no1. The second kappa shape index (κ2) is 11.3. The van der Waals surface area contributed by atoms with Gasteiger partial charge in [-0.2, -0.15) is 10.2 Å². The minimum atomic E-state index is -0.744. The standard InChI is InChI=1S/C23H24N6O5S/c1-13(2)33-22(32)20-14(3)25-23(35-20)27-19(31)11-18(8-9-24)29(12-30)17-7-5-6-16(10-17)21-26-15(4)34-28-21/h5-7,10,12-13,18H,8,11H2,1-4H3,(H,25,27,31)/t18-/m0/s1. The van der Waals surface area contributed by atoms with Crippen molar-refractivity contribution in [3.8, 4) is 17.5 Å². The third-order valence-electron chi connectivity index (χ3n) is 4.76. The van der Waals surface area contributed by atoms with Crippen molar-refractivity contribution in [1.82, 2.24) is 15.1 Å². The maximum Gasteiger partial charge on any atom is 0.350 e. The number of benzene rings is 1. The van der Waals surface area contributed by atoms with E-state index in [9.17, 15) is 19.6 Å². The first-order valence-corrected chi connectivity index (χ1v) is 11.5. The molecule has 0 spiro atoms. The summed E-state index contributed by atoms with van der Waals surface area (Å²) in [6, 6.07) is 8.12. The van der Waals surface area contributed by atoms with Crippen LogP contribution in [0.3, 0.4) is 0 Å². The second-order valence-electron chi connectivity index (χ2n) is 7.86. The lowest BCUT2D eigenvalue weighted by Crippen LogP contribution is -2.37. The summed E-state index contributed by atoms with van der Waals surface area (Å²) in [4.78, 5) is 47.0. The molecule has 2 heterocycles. The number of anilines is 2. The maximum absolute atomic E-state index is 12.8. The zero-order valence-electron chi connectivity index (χ0n) is 19.6. The van der Waals surface area contributed by atoms with Crippen molar-refractivity contribution in [1.29, 1.82) is 5.26 Å². The van der Waals surface area contributed by atoms with E-state index in [0.29, 0.717) is 39.9 Å². The van der Waals surface area contributed by atoms with Gasteiger partial charge < -0.3 is 19.5 Å². The van der Waals surface area contributed by atoms with Crippen LogP contribution >= 0.6 is 11.3 Å². The number of nitriles is 1. The number of hydrogen-bond donors (Lipinski definition) is 1. The molecule has 0 saturated carbocycles. The van der Waals surface area contributed by atoms with Crippen LogP contribution in [-0.2, 0) is 14.3 Å². The number of nitrogens with zero attached hydrogens (tertiary/aromatic N) is 5. The van der Waals surface area contributed by atoms with Gasteiger partial charge in [0, 0.05) is 24.6 Å². The number of thiazole rings is 1. The quantitative estimate of drug-likeness (QED) is 0.327. The number of amides is 2. The van der Waals surface area contributed by atoms with Crippen LogP contribution in [0.4, 0.5) is 10.8 Å². The summed E-state index contributed by atoms with van der Waals surface area (Å²) >= 11 is 1.00. The fourth-order valence-corrected chi connectivity index (χ4v) is 4.11. The van der Waals surface area contributed by atoms with Crippen molar-refractivity contribution >= 4 is 40.4 Å². The lowest BCUT2D eigenvalue weighted by atomic mass is 10.1. The van der Waals surface area contributed by atoms with E-state index in [4.69, 9.17) is 9.26 Å². The van der Waals surface area contributed by atoms with Crippen LogP contribution in [0.25, 0.3) is 11.4 Å². The van der Waals surface area contributed by atoms with Gasteiger partial charge >= 0.3 is 5.97 Å². The van der Waals surface area contributed by atoms with E-state index < -0.39 is 17.9 Å². The van der Waals surface area contributed by atoms with E-state index in [1.54, 1.807) is 52.0 Å². The lowest BCUT2D eigenvalue weighted by molar-refractivity contribution is -0.116. The molecule has 1 aromatic carbocycles. The molecule has 1 N–H and O–H groups in total. The summed E-state index contributed by atoms with van der Waals surface area (Å²) < 4.78 is 10.2. The monoisotopic (exact) mass is 496 g/mol. The fourth-order valence-electron chi connectivity index (χ4n) is 3.25. The van der Waals surface area contributed by atoms with Crippen molar-refractivity contribution in [2.45, 2.75) is 52.7 Å². The number of hydrogen-bond acceptors (Lipinski definition) is 10. The maximum atomic E-state index is 12.8. The Balaban J connectivity index is 1.76. The Hall–Kier alpha value is -4.11. The molecular weight excluding hydrogens is 472 g/mol. The lowest BCUT2D eigenvalue weighted by Gasteiger charge is -2.26. The number of rotatable bonds is 10. The number of carbonyl (C=O) groups is 3. The van der Waals surface area contributed by atoms with E-state index in [1.807, 2.05) is 6.07 Å². The van der Waals surface area contributed by atoms with Crippen LogP contribution < -0.4 is 10.2 Å². The molecule has 2 amide bonds. The normalized spacial score (nSPS) is 11.5. The molecule has 0 aliphatic heterocycles. The highest BCUT2D eigenvalue weighted by Crippen LogP contribution is 2.27. The molecular formula is C23H24N6O5S. The molecule has 0 unspecified atom stereocenters. The number of nitrogens with one attached hydrogen (secondary N) is 1. The van der Waals surface area contributed by atoms with Crippen molar-refractivity contribution in [3.63, 3.8) is 0 Å². The summed E-state index contributed by atoms with van der Waals surface area (Å²) in [7, 11) is 0. The van der Waals surface area contributed by atoms with Gasteiger partial charge in [-0.05, 0) is 32.9 Å². The first kappa shape index (κ1) is 25.5. The molecule has 0 fully saturated rings. The molecule has 3 rings (SSSR count). The molecule has 35 heavy (non-hydrogen) atoms. The second-order valence-corrected chi connectivity index (χ2v) is 8.86. The minimum Gasteiger partial charge on any atom is -0.459 e. The minimum absolute atomic E-state index is 0.0828. The summed E-state index contributed by atoms with van der Waals surface area (Å²) in [5.41, 5.74) is 1.52. The van der Waals surface area contributed by atoms with Crippen LogP contribution in [0.15, 0.2) is 28.8 Å². The van der Waals surface area contributed by atoms with Crippen LogP contribution in [-0.4, -0.2) is 45.6 Å². The van der Waals surface area contributed by atoms with E-state index in [1.165, 1.54) is 4.90 Å². The average molecular weight is 497 g/mol. The topological polar surface area (TPSA) is 151 Å². The summed E-state index contributed by atoms with van der Waals surface area (Å²) in [6.07, 6.45) is 0.0393.